The zero-order valence-electron chi connectivity index (χ0n) is 11.7. The summed E-state index contributed by atoms with van der Waals surface area (Å²) < 4.78 is 0. The number of thioether (sulfide) groups is 1. The summed E-state index contributed by atoms with van der Waals surface area (Å²) in [5, 5.41) is 0.952. The van der Waals surface area contributed by atoms with E-state index in [1.165, 1.54) is 18.0 Å². The lowest BCUT2D eigenvalue weighted by Gasteiger charge is -2.15. The number of nitrogens with zero attached hydrogens (tertiary/aromatic N) is 3. The van der Waals surface area contributed by atoms with Gasteiger partial charge in [0.1, 0.15) is 0 Å². The molecule has 0 saturated heterocycles. The van der Waals surface area contributed by atoms with E-state index in [0.717, 1.165) is 5.56 Å². The summed E-state index contributed by atoms with van der Waals surface area (Å²) >= 11 is 7.16. The van der Waals surface area contributed by atoms with Gasteiger partial charge in [0.15, 0.2) is 10.9 Å². The minimum absolute atomic E-state index is 0.0150. The van der Waals surface area contributed by atoms with Gasteiger partial charge in [-0.2, -0.15) is 0 Å². The standard InChI is InChI=1S/C14H13ClN4O2S/c1-22-14-17-8-10(15)12(18-14)13(21)19(16)11(20)7-9-5-3-2-4-6-9/h2-6,8H,7,16H2,1H3. The van der Waals surface area contributed by atoms with Crippen molar-refractivity contribution in [3.8, 4) is 0 Å². The van der Waals surface area contributed by atoms with E-state index in [4.69, 9.17) is 17.4 Å². The summed E-state index contributed by atoms with van der Waals surface area (Å²) in [4.78, 5) is 32.3. The smallest absolute Gasteiger partial charge is 0.273 e. The summed E-state index contributed by atoms with van der Waals surface area (Å²) in [5.74, 6) is 4.30. The van der Waals surface area contributed by atoms with E-state index < -0.39 is 11.8 Å². The highest BCUT2D eigenvalue weighted by molar-refractivity contribution is 7.98. The number of halogens is 1. The number of hydrazine groups is 1. The van der Waals surface area contributed by atoms with E-state index in [1.807, 2.05) is 6.07 Å². The molecule has 1 aromatic carbocycles. The van der Waals surface area contributed by atoms with E-state index >= 15 is 0 Å². The first-order valence-corrected chi connectivity index (χ1v) is 7.85. The molecule has 0 aliphatic carbocycles. The number of rotatable bonds is 4. The Morgan fingerprint density at radius 1 is 1.32 bits per heavy atom. The molecule has 0 atom stereocenters. The number of carbonyl (C=O) groups excluding carboxylic acids is 2. The second-order valence-electron chi connectivity index (χ2n) is 4.28. The third-order valence-electron chi connectivity index (χ3n) is 2.79. The Kier molecular flexibility index (Phi) is 5.48. The van der Waals surface area contributed by atoms with Crippen LogP contribution >= 0.6 is 23.4 Å². The molecule has 2 aromatic rings. The fraction of sp³-hybridized carbons (Fsp3) is 0.143. The third kappa shape index (κ3) is 3.82. The monoisotopic (exact) mass is 336 g/mol. The number of benzene rings is 1. The average Bonchev–Trinajstić information content (AvgIpc) is 2.55. The second-order valence-corrected chi connectivity index (χ2v) is 5.47. The molecule has 2 rings (SSSR count). The van der Waals surface area contributed by atoms with Crippen LogP contribution in [0.4, 0.5) is 0 Å². The predicted octanol–water partition coefficient (Wildman–Crippen LogP) is 1.94. The Balaban J connectivity index is 2.16. The Labute approximate surface area is 136 Å². The van der Waals surface area contributed by atoms with Gasteiger partial charge in [-0.15, -0.1) is 0 Å². The van der Waals surface area contributed by atoms with E-state index in [9.17, 15) is 9.59 Å². The lowest BCUT2D eigenvalue weighted by atomic mass is 10.1. The molecule has 2 N–H and O–H groups in total. The first kappa shape index (κ1) is 16.4. The first-order chi connectivity index (χ1) is 10.5. The van der Waals surface area contributed by atoms with Gasteiger partial charge in [0.2, 0.25) is 5.91 Å². The van der Waals surface area contributed by atoms with Crippen molar-refractivity contribution in [3.05, 3.63) is 52.8 Å². The van der Waals surface area contributed by atoms with Gasteiger partial charge in [-0.3, -0.25) is 9.59 Å². The number of hydrogen-bond donors (Lipinski definition) is 1. The molecule has 0 spiro atoms. The van der Waals surface area contributed by atoms with Gasteiger partial charge in [-0.1, -0.05) is 53.7 Å². The van der Waals surface area contributed by atoms with Crippen molar-refractivity contribution < 1.29 is 9.59 Å². The summed E-state index contributed by atoms with van der Waals surface area (Å²) in [6, 6.07) is 9.00. The summed E-state index contributed by atoms with van der Waals surface area (Å²) in [6.45, 7) is 0. The molecule has 8 heteroatoms. The Morgan fingerprint density at radius 2 is 2.00 bits per heavy atom. The number of aromatic nitrogens is 2. The molecule has 6 nitrogen and oxygen atoms in total. The number of imide groups is 1. The van der Waals surface area contributed by atoms with Gasteiger partial charge < -0.3 is 0 Å². The fourth-order valence-corrected chi connectivity index (χ4v) is 2.19. The topological polar surface area (TPSA) is 89.2 Å². The molecule has 22 heavy (non-hydrogen) atoms. The van der Waals surface area contributed by atoms with Crippen molar-refractivity contribution in [2.45, 2.75) is 11.6 Å². The van der Waals surface area contributed by atoms with Crippen molar-refractivity contribution in [2.24, 2.45) is 5.84 Å². The normalized spacial score (nSPS) is 10.3. The van der Waals surface area contributed by atoms with Crippen LogP contribution in [0.25, 0.3) is 0 Å². The lowest BCUT2D eigenvalue weighted by Crippen LogP contribution is -2.44. The molecule has 114 valence electrons. The van der Waals surface area contributed by atoms with Crippen LogP contribution < -0.4 is 5.84 Å². The Hall–Kier alpha value is -1.96. The van der Waals surface area contributed by atoms with Crippen LogP contribution in [0.3, 0.4) is 0 Å². The van der Waals surface area contributed by atoms with Crippen molar-refractivity contribution in [3.63, 3.8) is 0 Å². The molecule has 1 aromatic heterocycles. The van der Waals surface area contributed by atoms with E-state index in [2.05, 4.69) is 9.97 Å². The minimum Gasteiger partial charge on any atom is -0.273 e. The molecule has 0 saturated carbocycles. The van der Waals surface area contributed by atoms with Gasteiger partial charge in [0, 0.05) is 0 Å². The minimum atomic E-state index is -0.761. The van der Waals surface area contributed by atoms with Crippen LogP contribution in [0.1, 0.15) is 16.1 Å². The molecule has 2 amide bonds. The number of amides is 2. The van der Waals surface area contributed by atoms with Gasteiger partial charge in [0.05, 0.1) is 17.6 Å². The number of hydrogen-bond acceptors (Lipinski definition) is 6. The number of nitrogens with two attached hydrogens (primary N) is 1. The highest BCUT2D eigenvalue weighted by Crippen LogP contribution is 2.17. The van der Waals surface area contributed by atoms with Crippen LogP contribution in [0, 0.1) is 0 Å². The molecule has 0 aliphatic rings. The molecule has 0 fully saturated rings. The predicted molar refractivity (Wildman–Crippen MR) is 84.3 cm³/mol. The SMILES string of the molecule is CSc1ncc(Cl)c(C(=O)N(N)C(=O)Cc2ccccc2)n1. The van der Waals surface area contributed by atoms with Gasteiger partial charge in [0.25, 0.3) is 5.91 Å². The van der Waals surface area contributed by atoms with E-state index in [0.29, 0.717) is 10.2 Å². The van der Waals surface area contributed by atoms with Crippen molar-refractivity contribution in [2.75, 3.05) is 6.26 Å². The molecule has 1 heterocycles. The van der Waals surface area contributed by atoms with Crippen molar-refractivity contribution in [1.29, 1.82) is 0 Å². The largest absolute Gasteiger partial charge is 0.295 e. The maximum atomic E-state index is 12.3. The van der Waals surface area contributed by atoms with E-state index in [1.54, 1.807) is 30.5 Å². The quantitative estimate of drug-likeness (QED) is 0.302. The second kappa shape index (κ2) is 7.35. The third-order valence-corrected chi connectivity index (χ3v) is 3.63. The summed E-state index contributed by atoms with van der Waals surface area (Å²) in [5.41, 5.74) is 0.666. The highest BCUT2D eigenvalue weighted by atomic mass is 35.5. The maximum Gasteiger partial charge on any atom is 0.295 e. The van der Waals surface area contributed by atoms with Gasteiger partial charge in [-0.05, 0) is 11.8 Å². The highest BCUT2D eigenvalue weighted by Gasteiger charge is 2.24. The van der Waals surface area contributed by atoms with Crippen LogP contribution in [-0.4, -0.2) is 33.0 Å². The van der Waals surface area contributed by atoms with Crippen molar-refractivity contribution in [1.82, 2.24) is 15.0 Å². The van der Waals surface area contributed by atoms with Crippen LogP contribution in [0.2, 0.25) is 5.02 Å². The molecule has 0 aliphatic heterocycles. The first-order valence-electron chi connectivity index (χ1n) is 6.25. The molecular weight excluding hydrogens is 324 g/mol. The summed E-state index contributed by atoms with van der Waals surface area (Å²) in [7, 11) is 0. The van der Waals surface area contributed by atoms with Crippen LogP contribution in [0.15, 0.2) is 41.7 Å². The molecular formula is C14H13ClN4O2S. The fourth-order valence-electron chi connectivity index (χ4n) is 1.68. The molecule has 0 bridgehead atoms. The maximum absolute atomic E-state index is 12.3. The van der Waals surface area contributed by atoms with Gasteiger partial charge in [-0.25, -0.2) is 20.8 Å². The summed E-state index contributed by atoms with van der Waals surface area (Å²) in [6.07, 6.45) is 3.09. The lowest BCUT2D eigenvalue weighted by molar-refractivity contribution is -0.128. The van der Waals surface area contributed by atoms with Crippen LogP contribution in [-0.2, 0) is 11.2 Å². The Bertz CT molecular complexity index is 696. The zero-order chi connectivity index (χ0) is 16.1. The van der Waals surface area contributed by atoms with E-state index in [-0.39, 0.29) is 17.1 Å². The van der Waals surface area contributed by atoms with Crippen molar-refractivity contribution >= 4 is 35.2 Å². The Morgan fingerprint density at radius 3 is 2.64 bits per heavy atom. The van der Waals surface area contributed by atoms with Gasteiger partial charge >= 0.3 is 0 Å². The number of carbonyl (C=O) groups is 2. The molecule has 0 radical (unpaired) electrons. The zero-order valence-corrected chi connectivity index (χ0v) is 13.3. The average molecular weight is 337 g/mol. The molecule has 0 unspecified atom stereocenters. The van der Waals surface area contributed by atoms with Crippen LogP contribution in [0.5, 0.6) is 0 Å².